The maximum atomic E-state index is 13.6. The lowest BCUT2D eigenvalue weighted by Gasteiger charge is -2.35. The van der Waals surface area contributed by atoms with Crippen LogP contribution in [0.25, 0.3) is 0 Å². The normalized spacial score (nSPS) is 22.3. The molecular weight excluding hydrogens is 231 g/mol. The molecule has 3 nitrogen and oxygen atoms in total. The summed E-state index contributed by atoms with van der Waals surface area (Å²) in [5.74, 6) is -0.317. The van der Waals surface area contributed by atoms with E-state index < -0.39 is 0 Å². The summed E-state index contributed by atoms with van der Waals surface area (Å²) in [6, 6.07) is 6.93. The van der Waals surface area contributed by atoms with E-state index in [1.807, 2.05) is 13.0 Å². The first kappa shape index (κ1) is 13.0. The molecule has 1 aliphatic rings. The van der Waals surface area contributed by atoms with E-state index in [-0.39, 0.29) is 5.82 Å². The quantitative estimate of drug-likeness (QED) is 0.870. The Hall–Kier alpha value is -1.44. The second kappa shape index (κ2) is 5.94. The third kappa shape index (κ3) is 3.06. The van der Waals surface area contributed by atoms with E-state index in [2.05, 4.69) is 5.32 Å². The summed E-state index contributed by atoms with van der Waals surface area (Å²) >= 11 is 0. The van der Waals surface area contributed by atoms with Crippen LogP contribution in [-0.4, -0.2) is 18.8 Å². The Morgan fingerprint density at radius 2 is 2.28 bits per heavy atom. The molecule has 18 heavy (non-hydrogen) atoms. The third-order valence-electron chi connectivity index (χ3n) is 3.26. The predicted molar refractivity (Wildman–Crippen MR) is 66.4 cm³/mol. The van der Waals surface area contributed by atoms with E-state index in [1.54, 1.807) is 12.1 Å². The van der Waals surface area contributed by atoms with Crippen molar-refractivity contribution in [3.8, 4) is 6.07 Å². The van der Waals surface area contributed by atoms with E-state index >= 15 is 0 Å². The summed E-state index contributed by atoms with van der Waals surface area (Å²) in [5.41, 5.74) is 0.963. The van der Waals surface area contributed by atoms with E-state index in [0.717, 1.165) is 19.4 Å². The number of hydrogen-bond acceptors (Lipinski definition) is 3. The van der Waals surface area contributed by atoms with Gasteiger partial charge in [0.25, 0.3) is 0 Å². The zero-order chi connectivity index (χ0) is 13.0. The van der Waals surface area contributed by atoms with E-state index in [1.165, 1.54) is 6.07 Å². The van der Waals surface area contributed by atoms with Crippen LogP contribution < -0.4 is 5.32 Å². The van der Waals surface area contributed by atoms with Crippen molar-refractivity contribution in [1.82, 2.24) is 5.32 Å². The number of hydrogen-bond donors (Lipinski definition) is 1. The molecule has 4 heteroatoms. The minimum atomic E-state index is -0.317. The molecule has 0 unspecified atom stereocenters. The van der Waals surface area contributed by atoms with Gasteiger partial charge in [0.2, 0.25) is 0 Å². The lowest BCUT2D eigenvalue weighted by Crippen LogP contribution is -2.45. The first-order valence-electron chi connectivity index (χ1n) is 6.26. The number of nitrogens with one attached hydrogen (secondary N) is 1. The maximum Gasteiger partial charge on any atom is 0.129 e. The maximum absolute atomic E-state index is 13.6. The van der Waals surface area contributed by atoms with Gasteiger partial charge in [-0.05, 0) is 31.9 Å². The molecule has 0 aliphatic heterocycles. The van der Waals surface area contributed by atoms with Gasteiger partial charge < -0.3 is 10.1 Å². The minimum absolute atomic E-state index is 0.317. The van der Waals surface area contributed by atoms with Crippen LogP contribution >= 0.6 is 0 Å². The summed E-state index contributed by atoms with van der Waals surface area (Å²) in [7, 11) is 0. The SMILES string of the molecule is CCOC1CC(NCc2ccc(C#N)cc2F)C1. The van der Waals surface area contributed by atoms with Crippen LogP contribution in [0.3, 0.4) is 0 Å². The number of benzene rings is 1. The molecule has 0 aromatic heterocycles. The fraction of sp³-hybridized carbons (Fsp3) is 0.500. The number of nitriles is 1. The molecule has 0 atom stereocenters. The van der Waals surface area contributed by atoms with Gasteiger partial charge in [-0.2, -0.15) is 5.26 Å². The van der Waals surface area contributed by atoms with Gasteiger partial charge in [0.1, 0.15) is 5.82 Å². The molecule has 0 amide bonds. The monoisotopic (exact) mass is 248 g/mol. The van der Waals surface area contributed by atoms with Crippen LogP contribution in [-0.2, 0) is 11.3 Å². The second-order valence-corrected chi connectivity index (χ2v) is 4.54. The average molecular weight is 248 g/mol. The van der Waals surface area contributed by atoms with Crippen LogP contribution in [0.15, 0.2) is 18.2 Å². The van der Waals surface area contributed by atoms with E-state index in [4.69, 9.17) is 10.00 Å². The highest BCUT2D eigenvalue weighted by Gasteiger charge is 2.28. The zero-order valence-corrected chi connectivity index (χ0v) is 10.4. The summed E-state index contributed by atoms with van der Waals surface area (Å²) in [5, 5.41) is 12.0. The first-order chi connectivity index (χ1) is 8.72. The summed E-state index contributed by atoms with van der Waals surface area (Å²) in [6.45, 7) is 3.25. The zero-order valence-electron chi connectivity index (χ0n) is 10.4. The number of ether oxygens (including phenoxy) is 1. The van der Waals surface area contributed by atoms with Crippen molar-refractivity contribution in [2.45, 2.75) is 38.5 Å². The molecule has 0 spiro atoms. The van der Waals surface area contributed by atoms with Crippen molar-refractivity contribution < 1.29 is 9.13 Å². The Morgan fingerprint density at radius 1 is 1.50 bits per heavy atom. The third-order valence-corrected chi connectivity index (χ3v) is 3.26. The largest absolute Gasteiger partial charge is 0.378 e. The van der Waals surface area contributed by atoms with E-state index in [0.29, 0.717) is 29.8 Å². The highest BCUT2D eigenvalue weighted by molar-refractivity contribution is 5.32. The smallest absolute Gasteiger partial charge is 0.129 e. The van der Waals surface area contributed by atoms with Gasteiger partial charge in [0.15, 0.2) is 0 Å². The molecule has 1 aromatic rings. The summed E-state index contributed by atoms with van der Waals surface area (Å²) in [6.07, 6.45) is 2.34. The molecule has 1 aliphatic carbocycles. The van der Waals surface area contributed by atoms with E-state index in [9.17, 15) is 4.39 Å². The van der Waals surface area contributed by atoms with Crippen LogP contribution in [0.4, 0.5) is 4.39 Å². The van der Waals surface area contributed by atoms with Gasteiger partial charge >= 0.3 is 0 Å². The molecule has 96 valence electrons. The molecule has 2 rings (SSSR count). The predicted octanol–water partition coefficient (Wildman–Crippen LogP) is 2.35. The molecular formula is C14H17FN2O. The molecule has 0 heterocycles. The Morgan fingerprint density at radius 3 is 2.89 bits per heavy atom. The van der Waals surface area contributed by atoms with Gasteiger partial charge in [0, 0.05) is 24.8 Å². The van der Waals surface area contributed by atoms with Crippen molar-refractivity contribution in [1.29, 1.82) is 5.26 Å². The van der Waals surface area contributed by atoms with Crippen LogP contribution in [0.1, 0.15) is 30.9 Å². The molecule has 0 saturated heterocycles. The van der Waals surface area contributed by atoms with Crippen molar-refractivity contribution >= 4 is 0 Å². The Labute approximate surface area is 107 Å². The lowest BCUT2D eigenvalue weighted by molar-refractivity contribution is -0.0102. The Bertz CT molecular complexity index is 450. The number of nitrogens with zero attached hydrogens (tertiary/aromatic N) is 1. The fourth-order valence-electron chi connectivity index (χ4n) is 2.12. The van der Waals surface area contributed by atoms with Gasteiger partial charge in [-0.1, -0.05) is 6.07 Å². The first-order valence-corrected chi connectivity index (χ1v) is 6.26. The standard InChI is InChI=1S/C14H17FN2O/c1-2-18-13-6-12(7-13)17-9-11-4-3-10(8-16)5-14(11)15/h3-5,12-13,17H,2,6-7,9H2,1H3. The number of halogens is 1. The highest BCUT2D eigenvalue weighted by Crippen LogP contribution is 2.23. The summed E-state index contributed by atoms with van der Waals surface area (Å²) < 4.78 is 19.1. The summed E-state index contributed by atoms with van der Waals surface area (Å²) in [4.78, 5) is 0. The van der Waals surface area contributed by atoms with Gasteiger partial charge in [-0.3, -0.25) is 0 Å². The van der Waals surface area contributed by atoms with Crippen molar-refractivity contribution in [3.63, 3.8) is 0 Å². The molecule has 1 aromatic carbocycles. The fourth-order valence-corrected chi connectivity index (χ4v) is 2.12. The molecule has 1 saturated carbocycles. The van der Waals surface area contributed by atoms with Crippen molar-refractivity contribution in [2.24, 2.45) is 0 Å². The van der Waals surface area contributed by atoms with Crippen LogP contribution in [0.5, 0.6) is 0 Å². The van der Waals surface area contributed by atoms with Gasteiger partial charge in [-0.25, -0.2) is 4.39 Å². The second-order valence-electron chi connectivity index (χ2n) is 4.54. The van der Waals surface area contributed by atoms with Crippen molar-refractivity contribution in [2.75, 3.05) is 6.61 Å². The molecule has 1 N–H and O–H groups in total. The Balaban J connectivity index is 1.80. The highest BCUT2D eigenvalue weighted by atomic mass is 19.1. The lowest BCUT2D eigenvalue weighted by atomic mass is 9.89. The van der Waals surface area contributed by atoms with Crippen LogP contribution in [0, 0.1) is 17.1 Å². The van der Waals surface area contributed by atoms with Gasteiger partial charge in [0.05, 0.1) is 17.7 Å². The molecule has 0 bridgehead atoms. The average Bonchev–Trinajstić information content (AvgIpc) is 2.33. The molecule has 1 fully saturated rings. The topological polar surface area (TPSA) is 45.0 Å². The minimum Gasteiger partial charge on any atom is -0.378 e. The van der Waals surface area contributed by atoms with Crippen molar-refractivity contribution in [3.05, 3.63) is 35.1 Å². The van der Waals surface area contributed by atoms with Crippen LogP contribution in [0.2, 0.25) is 0 Å². The molecule has 0 radical (unpaired) electrons. The van der Waals surface area contributed by atoms with Gasteiger partial charge in [-0.15, -0.1) is 0 Å². The Kier molecular flexibility index (Phi) is 4.29. The number of rotatable bonds is 5.